The van der Waals surface area contributed by atoms with Gasteiger partial charge < -0.3 is 9.42 Å². The van der Waals surface area contributed by atoms with Crippen LogP contribution in [-0.2, 0) is 22.7 Å². The molecule has 0 saturated heterocycles. The van der Waals surface area contributed by atoms with Crippen molar-refractivity contribution in [2.75, 3.05) is 11.4 Å². The molecule has 42 heavy (non-hydrogen) atoms. The normalized spacial score (nSPS) is 35.4. The van der Waals surface area contributed by atoms with E-state index in [1.165, 1.54) is 24.2 Å². The first-order chi connectivity index (χ1) is 20.1. The number of halogens is 1. The molecule has 0 N–H and O–H groups in total. The lowest BCUT2D eigenvalue weighted by Gasteiger charge is -2.65. The van der Waals surface area contributed by atoms with Gasteiger partial charge in [-0.05, 0) is 107 Å². The lowest BCUT2D eigenvalue weighted by molar-refractivity contribution is -0.211. The molecule has 1 aromatic carbocycles. The molecule has 0 atom stereocenters. The summed E-state index contributed by atoms with van der Waals surface area (Å²) in [4.78, 5) is 21.0. The van der Waals surface area contributed by atoms with Crippen LogP contribution in [0.3, 0.4) is 0 Å². The summed E-state index contributed by atoms with van der Waals surface area (Å²) in [7, 11) is 2.12. The van der Waals surface area contributed by atoms with Crippen molar-refractivity contribution in [1.82, 2.24) is 19.9 Å². The van der Waals surface area contributed by atoms with Crippen LogP contribution in [0.15, 0.2) is 34.9 Å². The second-order valence-electron chi connectivity index (χ2n) is 15.5. The van der Waals surface area contributed by atoms with Gasteiger partial charge in [-0.15, -0.1) is 0 Å². The van der Waals surface area contributed by atoms with Crippen molar-refractivity contribution in [2.45, 2.75) is 113 Å². The third-order valence-electron chi connectivity index (χ3n) is 12.4. The van der Waals surface area contributed by atoms with Gasteiger partial charge >= 0.3 is 0 Å². The Morgan fingerprint density at radius 3 is 2.40 bits per heavy atom. The average Bonchev–Trinajstić information content (AvgIpc) is 3.87. The fourth-order valence-corrected chi connectivity index (χ4v) is 9.04. The van der Waals surface area contributed by atoms with Gasteiger partial charge in [-0.1, -0.05) is 24.2 Å². The van der Waals surface area contributed by atoms with E-state index in [2.05, 4.69) is 29.9 Å². The maximum atomic E-state index is 14.6. The molecule has 0 aliphatic heterocycles. The number of rotatable bonds is 8. The quantitative estimate of drug-likeness (QED) is 0.294. The van der Waals surface area contributed by atoms with Crippen LogP contribution in [-0.4, -0.2) is 38.0 Å². The Hall–Kier alpha value is -3.03. The van der Waals surface area contributed by atoms with Crippen LogP contribution in [0.2, 0.25) is 0 Å². The van der Waals surface area contributed by atoms with Crippen molar-refractivity contribution in [1.29, 1.82) is 0 Å². The molecule has 8 aliphatic carbocycles. The first-order valence-electron chi connectivity index (χ1n) is 16.1. The summed E-state index contributed by atoms with van der Waals surface area (Å²) < 4.78 is 22.4. The zero-order valence-electron chi connectivity index (χ0n) is 24.8. The molecule has 220 valence electrons. The molecule has 8 fully saturated rings. The fraction of sp³-hybridized carbons (Fsp3) is 0.647. The molecule has 0 unspecified atom stereocenters. The lowest BCUT2D eigenvalue weighted by atomic mass is 9.41. The highest BCUT2D eigenvalue weighted by molar-refractivity contribution is 6.00. The number of hydrogen-bond donors (Lipinski definition) is 0. The number of carbonyl (C=O) groups is 1. The smallest absolute Gasteiger partial charge is 0.233 e. The predicted molar refractivity (Wildman–Crippen MR) is 156 cm³/mol. The summed E-state index contributed by atoms with van der Waals surface area (Å²) in [6.07, 6.45) is 12.6. The standard InChI is InChI=1S/C34H40FN5O2/c1-30(8-9-30)28-36-27(38-42-28)23-4-3-5-24(16-23)40(29(41)33-18-34(35,19-33)20-33)21-31-10-13-32(14-11-31,15-12-31)26-17-25(22-6-7-22)37-39(26)2/h3-5,16-17,22H,6-15,18-21H2,1-2H3. The van der Waals surface area contributed by atoms with Crippen LogP contribution in [0.5, 0.6) is 0 Å². The number of aromatic nitrogens is 4. The number of benzene rings is 1. The van der Waals surface area contributed by atoms with Crippen LogP contribution in [0.25, 0.3) is 11.4 Å². The van der Waals surface area contributed by atoms with E-state index in [1.807, 2.05) is 29.2 Å². The number of carbonyl (C=O) groups excluding carboxylic acids is 1. The molecule has 2 aromatic heterocycles. The molecular formula is C34H40FN5O2. The minimum atomic E-state index is -1.11. The Morgan fingerprint density at radius 1 is 1.05 bits per heavy atom. The zero-order chi connectivity index (χ0) is 28.5. The number of alkyl halides is 1. The maximum Gasteiger partial charge on any atom is 0.233 e. The number of anilines is 1. The van der Waals surface area contributed by atoms with Crippen molar-refractivity contribution in [2.24, 2.45) is 17.9 Å². The molecule has 1 amide bonds. The Balaban J connectivity index is 1.00. The third kappa shape index (κ3) is 3.68. The molecule has 8 heteroatoms. The zero-order valence-corrected chi connectivity index (χ0v) is 24.8. The van der Waals surface area contributed by atoms with Gasteiger partial charge in [0.25, 0.3) is 0 Å². The topological polar surface area (TPSA) is 77.0 Å². The first-order valence-corrected chi connectivity index (χ1v) is 16.1. The van der Waals surface area contributed by atoms with Crippen LogP contribution < -0.4 is 4.90 Å². The van der Waals surface area contributed by atoms with E-state index in [0.29, 0.717) is 43.4 Å². The average molecular weight is 570 g/mol. The Morgan fingerprint density at radius 2 is 1.76 bits per heavy atom. The van der Waals surface area contributed by atoms with Gasteiger partial charge in [-0.2, -0.15) is 10.1 Å². The van der Waals surface area contributed by atoms with Crippen LogP contribution in [0.4, 0.5) is 10.1 Å². The molecule has 0 radical (unpaired) electrons. The highest BCUT2D eigenvalue weighted by Crippen LogP contribution is 2.70. The fourth-order valence-electron chi connectivity index (χ4n) is 9.04. The van der Waals surface area contributed by atoms with Crippen molar-refractivity contribution < 1.29 is 13.7 Å². The van der Waals surface area contributed by atoms with Crippen molar-refractivity contribution in [3.05, 3.63) is 47.6 Å². The SMILES string of the molecule is Cn1nc(C2CC2)cc1C12CCC(CN(C(=O)C34CC(F)(C3)C4)c3cccc(-c4noc(C5(C)CC5)n4)c3)(CC1)CC2. The van der Waals surface area contributed by atoms with Crippen molar-refractivity contribution in [3.63, 3.8) is 0 Å². The highest BCUT2D eigenvalue weighted by atomic mass is 19.1. The van der Waals surface area contributed by atoms with E-state index in [9.17, 15) is 9.18 Å². The van der Waals surface area contributed by atoms with Gasteiger partial charge in [0.15, 0.2) is 0 Å². The van der Waals surface area contributed by atoms with E-state index < -0.39 is 11.1 Å². The molecule has 4 bridgehead atoms. The Kier molecular flexibility index (Phi) is 4.92. The molecule has 2 heterocycles. The van der Waals surface area contributed by atoms with Gasteiger partial charge in [-0.25, -0.2) is 4.39 Å². The molecule has 0 spiro atoms. The van der Waals surface area contributed by atoms with E-state index in [0.717, 1.165) is 62.6 Å². The summed E-state index contributed by atoms with van der Waals surface area (Å²) in [5.41, 5.74) is 3.08. The van der Waals surface area contributed by atoms with Crippen molar-refractivity contribution >= 4 is 11.6 Å². The highest BCUT2D eigenvalue weighted by Gasteiger charge is 2.73. The number of nitrogens with zero attached hydrogens (tertiary/aromatic N) is 5. The van der Waals surface area contributed by atoms with Crippen LogP contribution in [0.1, 0.15) is 114 Å². The van der Waals surface area contributed by atoms with E-state index in [1.54, 1.807) is 0 Å². The minimum absolute atomic E-state index is 0.00260. The van der Waals surface area contributed by atoms with Gasteiger partial charge in [0, 0.05) is 47.3 Å². The third-order valence-corrected chi connectivity index (χ3v) is 12.4. The number of amides is 1. The molecule has 7 nitrogen and oxygen atoms in total. The van der Waals surface area contributed by atoms with E-state index in [4.69, 9.17) is 14.6 Å². The monoisotopic (exact) mass is 569 g/mol. The molecule has 3 aromatic rings. The van der Waals surface area contributed by atoms with Crippen molar-refractivity contribution in [3.8, 4) is 11.4 Å². The summed E-state index contributed by atoms with van der Waals surface area (Å²) in [6.45, 7) is 2.85. The number of hydrogen-bond acceptors (Lipinski definition) is 5. The Bertz CT molecular complexity index is 1570. The van der Waals surface area contributed by atoms with Crippen LogP contribution >= 0.6 is 0 Å². The number of aryl methyl sites for hydroxylation is 1. The number of fused-ring (bicyclic) bond motifs is 3. The molecule has 11 rings (SSSR count). The molecular weight excluding hydrogens is 529 g/mol. The second kappa shape index (κ2) is 8.11. The lowest BCUT2D eigenvalue weighted by Crippen LogP contribution is -2.71. The van der Waals surface area contributed by atoms with Gasteiger partial charge in [-0.3, -0.25) is 9.48 Å². The molecule has 8 saturated carbocycles. The second-order valence-corrected chi connectivity index (χ2v) is 15.5. The van der Waals surface area contributed by atoms with E-state index in [-0.39, 0.29) is 22.2 Å². The largest absolute Gasteiger partial charge is 0.338 e. The summed E-state index contributed by atoms with van der Waals surface area (Å²) in [5.74, 6) is 2.04. The van der Waals surface area contributed by atoms with Gasteiger partial charge in [0.05, 0.1) is 11.1 Å². The predicted octanol–water partition coefficient (Wildman–Crippen LogP) is 6.92. The Labute approximate surface area is 246 Å². The molecule has 8 aliphatic rings. The summed E-state index contributed by atoms with van der Waals surface area (Å²) in [6, 6.07) is 10.5. The van der Waals surface area contributed by atoms with Gasteiger partial charge in [0.2, 0.25) is 17.6 Å². The summed E-state index contributed by atoms with van der Waals surface area (Å²) in [5, 5.41) is 9.20. The summed E-state index contributed by atoms with van der Waals surface area (Å²) >= 11 is 0. The minimum Gasteiger partial charge on any atom is -0.338 e. The maximum absolute atomic E-state index is 14.6. The van der Waals surface area contributed by atoms with E-state index >= 15 is 0 Å². The van der Waals surface area contributed by atoms with Crippen LogP contribution in [0, 0.1) is 10.8 Å². The van der Waals surface area contributed by atoms with Gasteiger partial charge in [0.1, 0.15) is 5.67 Å². The first kappa shape index (κ1) is 25.5.